The molecule has 1 heterocycles. The lowest BCUT2D eigenvalue weighted by Crippen LogP contribution is -2.35. The molecule has 28 heavy (non-hydrogen) atoms. The number of nitrogens with zero attached hydrogens (tertiary/aromatic N) is 2. The highest BCUT2D eigenvalue weighted by molar-refractivity contribution is 6.02. The molecule has 146 valence electrons. The molecule has 0 radical (unpaired) electrons. The number of carbonyl (C=O) groups is 2. The second kappa shape index (κ2) is 7.91. The van der Waals surface area contributed by atoms with Crippen LogP contribution in [0, 0.1) is 15.9 Å². The van der Waals surface area contributed by atoms with E-state index in [4.69, 9.17) is 9.47 Å². The minimum absolute atomic E-state index is 0.186. The van der Waals surface area contributed by atoms with Crippen molar-refractivity contribution in [1.82, 2.24) is 4.90 Å². The highest BCUT2D eigenvalue weighted by Gasteiger charge is 2.28. The third-order valence-electron chi connectivity index (χ3n) is 3.94. The van der Waals surface area contributed by atoms with E-state index in [1.165, 1.54) is 37.4 Å². The average molecular weight is 389 g/mol. The Balaban J connectivity index is 1.76. The SMILES string of the molecule is CN(CC(=O)Nc1ccc(F)cc1)C(=O)c1cc2c(cc1[N+](=O)[O-])OCCO2. The molecular formula is C18H16FN3O6. The molecule has 10 heteroatoms. The van der Waals surface area contributed by atoms with Gasteiger partial charge < -0.3 is 19.7 Å². The van der Waals surface area contributed by atoms with Gasteiger partial charge in [0.1, 0.15) is 24.6 Å². The van der Waals surface area contributed by atoms with Crippen LogP contribution in [0.15, 0.2) is 36.4 Å². The summed E-state index contributed by atoms with van der Waals surface area (Å²) >= 11 is 0. The van der Waals surface area contributed by atoms with E-state index in [1.807, 2.05) is 0 Å². The van der Waals surface area contributed by atoms with Crippen molar-refractivity contribution in [3.8, 4) is 11.5 Å². The number of likely N-dealkylation sites (N-methyl/N-ethyl adjacent to an activating group) is 1. The predicted molar refractivity (Wildman–Crippen MR) is 96.1 cm³/mol. The second-order valence-electron chi connectivity index (χ2n) is 5.99. The van der Waals surface area contributed by atoms with Crippen molar-refractivity contribution in [3.05, 3.63) is 57.9 Å². The standard InChI is InChI=1S/C18H16FN3O6/c1-21(10-17(23)20-12-4-2-11(19)3-5-12)18(24)13-8-15-16(28-7-6-27-15)9-14(13)22(25)26/h2-5,8-9H,6-7,10H2,1H3,(H,20,23). The lowest BCUT2D eigenvalue weighted by atomic mass is 10.1. The van der Waals surface area contributed by atoms with Crippen LogP contribution in [-0.4, -0.2) is 48.4 Å². The third-order valence-corrected chi connectivity index (χ3v) is 3.94. The lowest BCUT2D eigenvalue weighted by Gasteiger charge is -2.21. The van der Waals surface area contributed by atoms with E-state index in [9.17, 15) is 24.1 Å². The summed E-state index contributed by atoms with van der Waals surface area (Å²) in [5.41, 5.74) is -0.302. The first-order chi connectivity index (χ1) is 13.3. The molecule has 0 fully saturated rings. The highest BCUT2D eigenvalue weighted by Crippen LogP contribution is 2.37. The molecule has 0 unspecified atom stereocenters. The zero-order chi connectivity index (χ0) is 20.3. The van der Waals surface area contributed by atoms with Crippen LogP contribution in [0.2, 0.25) is 0 Å². The van der Waals surface area contributed by atoms with Gasteiger partial charge in [0, 0.05) is 18.8 Å². The number of hydrogen-bond donors (Lipinski definition) is 1. The maximum Gasteiger partial charge on any atom is 0.286 e. The van der Waals surface area contributed by atoms with Gasteiger partial charge in [0.15, 0.2) is 11.5 Å². The Morgan fingerprint density at radius 1 is 1.18 bits per heavy atom. The lowest BCUT2D eigenvalue weighted by molar-refractivity contribution is -0.385. The van der Waals surface area contributed by atoms with Gasteiger partial charge in [0.2, 0.25) is 5.91 Å². The molecule has 1 aliphatic rings. The van der Waals surface area contributed by atoms with Gasteiger partial charge in [-0.3, -0.25) is 19.7 Å². The molecule has 0 saturated carbocycles. The molecule has 2 aromatic rings. The van der Waals surface area contributed by atoms with Crippen LogP contribution < -0.4 is 14.8 Å². The third kappa shape index (κ3) is 4.17. The molecule has 2 aromatic carbocycles. The first-order valence-corrected chi connectivity index (χ1v) is 8.24. The number of ether oxygens (including phenoxy) is 2. The van der Waals surface area contributed by atoms with Crippen molar-refractivity contribution in [3.63, 3.8) is 0 Å². The maximum absolute atomic E-state index is 12.9. The van der Waals surface area contributed by atoms with Gasteiger partial charge in [-0.2, -0.15) is 0 Å². The largest absolute Gasteiger partial charge is 0.486 e. The molecule has 0 spiro atoms. The van der Waals surface area contributed by atoms with Crippen molar-refractivity contribution in [2.45, 2.75) is 0 Å². The van der Waals surface area contributed by atoms with Gasteiger partial charge >= 0.3 is 0 Å². The number of anilines is 1. The van der Waals surface area contributed by atoms with Gasteiger partial charge in [0.25, 0.3) is 11.6 Å². The molecule has 1 aliphatic heterocycles. The van der Waals surface area contributed by atoms with E-state index in [0.717, 1.165) is 11.0 Å². The van der Waals surface area contributed by atoms with E-state index in [0.29, 0.717) is 5.69 Å². The summed E-state index contributed by atoms with van der Waals surface area (Å²) in [4.78, 5) is 36.5. The zero-order valence-electron chi connectivity index (χ0n) is 14.8. The van der Waals surface area contributed by atoms with E-state index < -0.39 is 28.2 Å². The van der Waals surface area contributed by atoms with Gasteiger partial charge in [0.05, 0.1) is 17.5 Å². The molecule has 2 amide bonds. The molecule has 3 rings (SSSR count). The number of benzene rings is 2. The Morgan fingerprint density at radius 3 is 2.39 bits per heavy atom. The second-order valence-corrected chi connectivity index (χ2v) is 5.99. The molecule has 0 bridgehead atoms. The number of nitro benzene ring substituents is 1. The molecule has 9 nitrogen and oxygen atoms in total. The van der Waals surface area contributed by atoms with E-state index in [-0.39, 0.29) is 36.8 Å². The Bertz CT molecular complexity index is 932. The Labute approximate surface area is 158 Å². The predicted octanol–water partition coefficient (Wildman–Crippen LogP) is 2.22. The first-order valence-electron chi connectivity index (χ1n) is 8.24. The van der Waals surface area contributed by atoms with Crippen molar-refractivity contribution in [2.75, 3.05) is 32.1 Å². The van der Waals surface area contributed by atoms with Crippen LogP contribution in [0.4, 0.5) is 15.8 Å². The van der Waals surface area contributed by atoms with Crippen LogP contribution in [0.3, 0.4) is 0 Å². The summed E-state index contributed by atoms with van der Waals surface area (Å²) in [6.07, 6.45) is 0. The number of nitro groups is 1. The molecule has 0 saturated heterocycles. The molecule has 0 aromatic heterocycles. The van der Waals surface area contributed by atoms with Crippen LogP contribution in [-0.2, 0) is 4.79 Å². The van der Waals surface area contributed by atoms with E-state index in [2.05, 4.69) is 5.32 Å². The fourth-order valence-corrected chi connectivity index (χ4v) is 2.63. The topological polar surface area (TPSA) is 111 Å². The van der Waals surface area contributed by atoms with Gasteiger partial charge in [-0.1, -0.05) is 0 Å². The number of fused-ring (bicyclic) bond motifs is 1. The fraction of sp³-hybridized carbons (Fsp3) is 0.222. The smallest absolute Gasteiger partial charge is 0.286 e. The molecular weight excluding hydrogens is 373 g/mol. The van der Waals surface area contributed by atoms with Crippen molar-refractivity contribution in [1.29, 1.82) is 0 Å². The van der Waals surface area contributed by atoms with Crippen LogP contribution in [0.1, 0.15) is 10.4 Å². The van der Waals surface area contributed by atoms with E-state index >= 15 is 0 Å². The number of rotatable bonds is 5. The Morgan fingerprint density at radius 2 is 1.79 bits per heavy atom. The number of hydrogen-bond acceptors (Lipinski definition) is 6. The molecule has 0 atom stereocenters. The fourth-order valence-electron chi connectivity index (χ4n) is 2.63. The highest BCUT2D eigenvalue weighted by atomic mass is 19.1. The summed E-state index contributed by atoms with van der Waals surface area (Å²) < 4.78 is 23.6. The number of carbonyl (C=O) groups excluding carboxylic acids is 2. The zero-order valence-corrected chi connectivity index (χ0v) is 14.8. The number of nitrogens with one attached hydrogen (secondary N) is 1. The maximum atomic E-state index is 12.9. The van der Waals surface area contributed by atoms with Crippen molar-refractivity contribution >= 4 is 23.2 Å². The van der Waals surface area contributed by atoms with Gasteiger partial charge in [-0.15, -0.1) is 0 Å². The summed E-state index contributed by atoms with van der Waals surface area (Å²) in [6.45, 7) is 0.150. The quantitative estimate of drug-likeness (QED) is 0.620. The first kappa shape index (κ1) is 19.1. The van der Waals surface area contributed by atoms with Crippen molar-refractivity contribution in [2.24, 2.45) is 0 Å². The normalized spacial score (nSPS) is 12.2. The molecule has 0 aliphatic carbocycles. The van der Waals surface area contributed by atoms with Crippen LogP contribution in [0.5, 0.6) is 11.5 Å². The minimum Gasteiger partial charge on any atom is -0.486 e. The summed E-state index contributed by atoms with van der Waals surface area (Å²) in [7, 11) is 1.34. The average Bonchev–Trinajstić information content (AvgIpc) is 2.68. The number of amides is 2. The van der Waals surface area contributed by atoms with E-state index in [1.54, 1.807) is 0 Å². The van der Waals surface area contributed by atoms with Crippen LogP contribution >= 0.6 is 0 Å². The van der Waals surface area contributed by atoms with Crippen molar-refractivity contribution < 1.29 is 28.4 Å². The van der Waals surface area contributed by atoms with Crippen LogP contribution in [0.25, 0.3) is 0 Å². The van der Waals surface area contributed by atoms with Gasteiger partial charge in [-0.25, -0.2) is 4.39 Å². The summed E-state index contributed by atoms with van der Waals surface area (Å²) in [5.74, 6) is -1.30. The monoisotopic (exact) mass is 389 g/mol. The Hall–Kier alpha value is -3.69. The number of halogens is 1. The summed E-state index contributed by atoms with van der Waals surface area (Å²) in [5, 5.41) is 13.9. The van der Waals surface area contributed by atoms with Gasteiger partial charge in [-0.05, 0) is 24.3 Å². The Kier molecular flexibility index (Phi) is 5.39. The minimum atomic E-state index is -0.724. The summed E-state index contributed by atoms with van der Waals surface area (Å²) in [6, 6.07) is 7.49. The molecule has 1 N–H and O–H groups in total.